The highest BCUT2D eigenvalue weighted by atomic mass is 32.2. The first-order valence-electron chi connectivity index (χ1n) is 20.2. The zero-order valence-electron chi connectivity index (χ0n) is 31.2. The molecule has 0 N–H and O–H groups in total. The minimum atomic E-state index is -0.353. The third kappa shape index (κ3) is 4.35. The maximum Gasteiger partial charge on any atom is 0.0723 e. The second kappa shape index (κ2) is 12.2. The number of nitrogens with zero attached hydrogens (tertiary/aromatic N) is 2. The molecule has 3 heterocycles. The summed E-state index contributed by atoms with van der Waals surface area (Å²) in [5.41, 5.74) is 17.4. The Balaban J connectivity index is 0.948. The normalized spacial score (nSPS) is 23.4. The molecule has 4 heteroatoms. The summed E-state index contributed by atoms with van der Waals surface area (Å²) >= 11 is 4.19. The number of benzene rings is 7. The van der Waals surface area contributed by atoms with Crippen molar-refractivity contribution in [1.82, 2.24) is 0 Å². The molecular formula is C53H38N2S2. The number of rotatable bonds is 4. The van der Waals surface area contributed by atoms with Crippen LogP contribution in [0.5, 0.6) is 0 Å². The molecule has 1 fully saturated rings. The average molecular weight is 767 g/mol. The zero-order valence-corrected chi connectivity index (χ0v) is 32.8. The summed E-state index contributed by atoms with van der Waals surface area (Å²) in [6.45, 7) is 0. The number of hydrogen-bond donors (Lipinski definition) is 0. The van der Waals surface area contributed by atoms with Crippen molar-refractivity contribution in [1.29, 1.82) is 0 Å². The number of fused-ring (bicyclic) bond motifs is 17. The maximum atomic E-state index is 2.77. The highest BCUT2D eigenvalue weighted by molar-refractivity contribution is 8.04. The van der Waals surface area contributed by atoms with E-state index >= 15 is 0 Å². The molecule has 1 saturated heterocycles. The Morgan fingerprint density at radius 3 is 1.60 bits per heavy atom. The smallest absolute Gasteiger partial charge is 0.0723 e. The lowest BCUT2D eigenvalue weighted by atomic mass is 9.69. The quantitative estimate of drug-likeness (QED) is 0.176. The van der Waals surface area contributed by atoms with Crippen LogP contribution in [0.15, 0.2) is 203 Å². The molecule has 272 valence electrons. The van der Waals surface area contributed by atoms with Crippen molar-refractivity contribution in [2.24, 2.45) is 0 Å². The van der Waals surface area contributed by atoms with E-state index in [2.05, 4.69) is 221 Å². The molecule has 13 rings (SSSR count). The first kappa shape index (κ1) is 32.4. The molecule has 0 saturated carbocycles. The molecular weight excluding hydrogens is 729 g/mol. The number of anilines is 3. The number of hydrogen-bond acceptors (Lipinski definition) is 4. The van der Waals surface area contributed by atoms with Crippen LogP contribution in [-0.4, -0.2) is 16.5 Å². The van der Waals surface area contributed by atoms with Crippen LogP contribution >= 0.6 is 23.5 Å². The molecule has 7 aromatic carbocycles. The molecule has 0 bridgehead atoms. The first-order valence-corrected chi connectivity index (χ1v) is 22.0. The van der Waals surface area contributed by atoms with Gasteiger partial charge in [-0.25, -0.2) is 0 Å². The van der Waals surface area contributed by atoms with E-state index in [0.717, 1.165) is 6.42 Å². The summed E-state index contributed by atoms with van der Waals surface area (Å²) in [6, 6.07) is 67.2. The standard InChI is InChI=1S/C53H38N2S2/c1-2-14-33(15-3-1)54(34-26-28-35(29-27-34)55-49-41-19-7-12-24-47(41)56-51(49)52-50(55)42-20-8-13-25-48(42)57-52)36-30-31-40-39-18-6-11-23-45(39)53(46(40)32-36)43-21-9-4-16-37(43)38-17-5-10-22-44(38)53/h1-29,31-32,36,49-52H,30H2. The predicted molar refractivity (Wildman–Crippen MR) is 238 cm³/mol. The fourth-order valence-electron chi connectivity index (χ4n) is 11.4. The van der Waals surface area contributed by atoms with Gasteiger partial charge in [0.1, 0.15) is 0 Å². The second-order valence-corrected chi connectivity index (χ2v) is 18.6. The Bertz CT molecular complexity index is 2730. The van der Waals surface area contributed by atoms with Gasteiger partial charge in [-0.2, -0.15) is 0 Å². The first-order chi connectivity index (χ1) is 28.3. The summed E-state index contributed by atoms with van der Waals surface area (Å²) in [7, 11) is 0. The van der Waals surface area contributed by atoms with Gasteiger partial charge in [0.15, 0.2) is 0 Å². The number of para-hydroxylation sites is 1. The molecule has 0 radical (unpaired) electrons. The topological polar surface area (TPSA) is 6.48 Å². The SMILES string of the molecule is C1=C2C(=CC(N(c3ccccc3)c3ccc(N4C5c6ccccc6SC5C5Sc6ccccc6C54)cc3)C1)C1(c3ccccc32)c2ccccc2-c2ccccc21. The minimum Gasteiger partial charge on any atom is -0.355 e. The van der Waals surface area contributed by atoms with Crippen LogP contribution < -0.4 is 9.80 Å². The summed E-state index contributed by atoms with van der Waals surface area (Å²) < 4.78 is 0. The lowest BCUT2D eigenvalue weighted by molar-refractivity contribution is 0.675. The van der Waals surface area contributed by atoms with Crippen LogP contribution in [0.2, 0.25) is 0 Å². The lowest BCUT2D eigenvalue weighted by Gasteiger charge is -2.38. The molecule has 7 aromatic rings. The van der Waals surface area contributed by atoms with E-state index < -0.39 is 0 Å². The van der Waals surface area contributed by atoms with E-state index in [-0.39, 0.29) is 11.5 Å². The van der Waals surface area contributed by atoms with Gasteiger partial charge in [0, 0.05) is 37.4 Å². The molecule has 3 aliphatic heterocycles. The largest absolute Gasteiger partial charge is 0.355 e. The third-order valence-electron chi connectivity index (χ3n) is 13.5. The van der Waals surface area contributed by atoms with Gasteiger partial charge < -0.3 is 9.80 Å². The van der Waals surface area contributed by atoms with Crippen LogP contribution in [0.1, 0.15) is 51.9 Å². The summed E-state index contributed by atoms with van der Waals surface area (Å²) in [6.07, 6.45) is 6.09. The van der Waals surface area contributed by atoms with Crippen LogP contribution in [0.4, 0.5) is 17.1 Å². The van der Waals surface area contributed by atoms with Crippen molar-refractivity contribution < 1.29 is 0 Å². The Labute approximate surface area is 342 Å². The second-order valence-electron chi connectivity index (χ2n) is 16.1. The van der Waals surface area contributed by atoms with Gasteiger partial charge in [0.2, 0.25) is 0 Å². The van der Waals surface area contributed by atoms with E-state index in [4.69, 9.17) is 0 Å². The van der Waals surface area contributed by atoms with Crippen LogP contribution in [0.25, 0.3) is 16.7 Å². The molecule has 57 heavy (non-hydrogen) atoms. The Morgan fingerprint density at radius 1 is 0.491 bits per heavy atom. The number of allylic oxidation sites excluding steroid dienone is 2. The molecule has 6 aliphatic rings. The fourth-order valence-corrected chi connectivity index (χ4v) is 14.7. The van der Waals surface area contributed by atoms with Gasteiger partial charge in [-0.3, -0.25) is 0 Å². The Kier molecular flexibility index (Phi) is 6.92. The van der Waals surface area contributed by atoms with Crippen LogP contribution in [-0.2, 0) is 5.41 Å². The van der Waals surface area contributed by atoms with Gasteiger partial charge >= 0.3 is 0 Å². The van der Waals surface area contributed by atoms with Crippen LogP contribution in [0.3, 0.4) is 0 Å². The van der Waals surface area contributed by atoms with Crippen molar-refractivity contribution in [3.63, 3.8) is 0 Å². The van der Waals surface area contributed by atoms with E-state index in [9.17, 15) is 0 Å². The Morgan fingerprint density at radius 2 is 0.982 bits per heavy atom. The van der Waals surface area contributed by atoms with E-state index in [0.29, 0.717) is 22.6 Å². The van der Waals surface area contributed by atoms with E-state index in [1.807, 2.05) is 0 Å². The minimum absolute atomic E-state index is 0.125. The number of thioether (sulfide) groups is 2. The van der Waals surface area contributed by atoms with Gasteiger partial charge in [-0.05, 0) is 111 Å². The van der Waals surface area contributed by atoms with Crippen molar-refractivity contribution in [2.75, 3.05) is 9.80 Å². The Hall–Kier alpha value is -5.68. The fraction of sp³-hybridized carbons (Fsp3) is 0.132. The molecule has 0 amide bonds. The summed E-state index contributed by atoms with van der Waals surface area (Å²) in [5, 5.41) is 1.02. The molecule has 3 aliphatic carbocycles. The van der Waals surface area contributed by atoms with Crippen molar-refractivity contribution in [2.45, 2.75) is 50.3 Å². The highest BCUT2D eigenvalue weighted by Crippen LogP contribution is 2.67. The van der Waals surface area contributed by atoms with Crippen LogP contribution in [0, 0.1) is 0 Å². The van der Waals surface area contributed by atoms with Gasteiger partial charge in [-0.1, -0.05) is 140 Å². The van der Waals surface area contributed by atoms with Gasteiger partial charge in [0.05, 0.1) is 23.5 Å². The maximum absolute atomic E-state index is 2.77. The van der Waals surface area contributed by atoms with Gasteiger partial charge in [-0.15, -0.1) is 23.5 Å². The average Bonchev–Trinajstić information content (AvgIpc) is 4.06. The third-order valence-corrected chi connectivity index (χ3v) is 16.6. The summed E-state index contributed by atoms with van der Waals surface area (Å²) in [4.78, 5) is 8.24. The highest BCUT2D eigenvalue weighted by Gasteiger charge is 2.58. The summed E-state index contributed by atoms with van der Waals surface area (Å²) in [5.74, 6) is 0. The van der Waals surface area contributed by atoms with Gasteiger partial charge in [0.25, 0.3) is 0 Å². The van der Waals surface area contributed by atoms with E-state index in [1.54, 1.807) is 0 Å². The molecule has 5 atom stereocenters. The molecule has 1 spiro atoms. The predicted octanol–water partition coefficient (Wildman–Crippen LogP) is 13.2. The molecule has 5 unspecified atom stereocenters. The molecule has 2 nitrogen and oxygen atoms in total. The zero-order chi connectivity index (χ0) is 37.2. The van der Waals surface area contributed by atoms with Crippen molar-refractivity contribution in [3.8, 4) is 11.1 Å². The van der Waals surface area contributed by atoms with E-state index in [1.165, 1.54) is 82.5 Å². The van der Waals surface area contributed by atoms with Crippen molar-refractivity contribution >= 4 is 46.2 Å². The van der Waals surface area contributed by atoms with Crippen molar-refractivity contribution in [3.05, 3.63) is 227 Å². The monoisotopic (exact) mass is 766 g/mol. The molecule has 0 aromatic heterocycles. The lowest BCUT2D eigenvalue weighted by Crippen LogP contribution is -2.34.